The maximum Gasteiger partial charge on any atom is 0.339 e. The van der Waals surface area contributed by atoms with Crippen LogP contribution in [0.25, 0.3) is 0 Å². The zero-order valence-electron chi connectivity index (χ0n) is 27.0. The number of esters is 2. The van der Waals surface area contributed by atoms with Gasteiger partial charge >= 0.3 is 11.9 Å². The third kappa shape index (κ3) is 11.5. The number of hydrogen-bond donors (Lipinski definition) is 2. The van der Waals surface area contributed by atoms with Gasteiger partial charge in [0.1, 0.15) is 5.76 Å². The molecule has 0 aliphatic carbocycles. The molecule has 9 nitrogen and oxygen atoms in total. The number of hydrogen-bond acceptors (Lipinski definition) is 9. The molecule has 1 aliphatic rings. The molecular weight excluding hydrogens is 540 g/mol. The van der Waals surface area contributed by atoms with Crippen LogP contribution in [-0.4, -0.2) is 60.5 Å². The van der Waals surface area contributed by atoms with Gasteiger partial charge in [-0.15, -0.1) is 0 Å². The van der Waals surface area contributed by atoms with Crippen LogP contribution >= 0.6 is 0 Å². The lowest BCUT2D eigenvalue weighted by Gasteiger charge is -2.33. The van der Waals surface area contributed by atoms with E-state index in [1.807, 2.05) is 19.1 Å². The number of carbonyl (C=O) groups is 2. The summed E-state index contributed by atoms with van der Waals surface area (Å²) in [6.07, 6.45) is 5.26. The van der Waals surface area contributed by atoms with Crippen LogP contribution in [-0.2, 0) is 30.2 Å². The third-order valence-electron chi connectivity index (χ3n) is 7.30. The van der Waals surface area contributed by atoms with E-state index in [4.69, 9.17) is 23.7 Å². The Kier molecular flexibility index (Phi) is 16.0. The molecule has 0 amide bonds. The smallest absolute Gasteiger partial charge is 0.339 e. The Hall–Kier alpha value is -2.78. The van der Waals surface area contributed by atoms with E-state index < -0.39 is 35.7 Å². The first-order valence-corrected chi connectivity index (χ1v) is 15.2. The molecule has 2 rings (SSSR count). The van der Waals surface area contributed by atoms with E-state index in [9.17, 15) is 19.8 Å². The molecule has 0 aromatic heterocycles. The predicted molar refractivity (Wildman–Crippen MR) is 163 cm³/mol. The molecule has 42 heavy (non-hydrogen) atoms. The van der Waals surface area contributed by atoms with Crippen LogP contribution in [0, 0.1) is 0 Å². The van der Waals surface area contributed by atoms with Crippen molar-refractivity contribution in [1.29, 1.82) is 0 Å². The van der Waals surface area contributed by atoms with Crippen molar-refractivity contribution in [2.24, 2.45) is 0 Å². The molecule has 9 heteroatoms. The van der Waals surface area contributed by atoms with Gasteiger partial charge in [0.25, 0.3) is 0 Å². The number of rotatable bonds is 17. The second-order valence-corrected chi connectivity index (χ2v) is 11.5. The fourth-order valence-electron chi connectivity index (χ4n) is 4.88. The van der Waals surface area contributed by atoms with Crippen molar-refractivity contribution in [1.82, 2.24) is 0 Å². The molecule has 0 saturated heterocycles. The predicted octanol–water partition coefficient (Wildman–Crippen LogP) is 6.37. The fourth-order valence-corrected chi connectivity index (χ4v) is 4.88. The molecule has 0 spiro atoms. The average molecular weight is 595 g/mol. The van der Waals surface area contributed by atoms with Gasteiger partial charge in [0, 0.05) is 5.92 Å². The van der Waals surface area contributed by atoms with E-state index in [0.717, 1.165) is 24.0 Å². The second-order valence-electron chi connectivity index (χ2n) is 11.5. The lowest BCUT2D eigenvalue weighted by atomic mass is 9.84. The van der Waals surface area contributed by atoms with E-state index in [1.165, 1.54) is 33.5 Å². The van der Waals surface area contributed by atoms with Crippen molar-refractivity contribution in [3.63, 3.8) is 0 Å². The van der Waals surface area contributed by atoms with Crippen molar-refractivity contribution < 1.29 is 43.5 Å². The maximum atomic E-state index is 13.5. The van der Waals surface area contributed by atoms with E-state index in [0.29, 0.717) is 24.3 Å². The molecular formula is C33H54O9. The van der Waals surface area contributed by atoms with Crippen LogP contribution in [0.15, 0.2) is 24.5 Å². The summed E-state index contributed by atoms with van der Waals surface area (Å²) in [5, 5.41) is 21.4. The molecule has 3 unspecified atom stereocenters. The van der Waals surface area contributed by atoms with Crippen LogP contribution in [0.3, 0.4) is 0 Å². The minimum atomic E-state index is -2.15. The first-order valence-electron chi connectivity index (χ1n) is 15.2. The molecule has 3 atom stereocenters. The number of aliphatic hydroxyl groups is 2. The Morgan fingerprint density at radius 2 is 1.57 bits per heavy atom. The van der Waals surface area contributed by atoms with Crippen molar-refractivity contribution in [2.75, 3.05) is 21.0 Å². The van der Waals surface area contributed by atoms with Crippen LogP contribution in [0.1, 0.15) is 116 Å². The molecule has 1 aliphatic heterocycles. The van der Waals surface area contributed by atoms with E-state index in [2.05, 4.69) is 27.4 Å². The second kappa shape index (κ2) is 18.0. The highest BCUT2D eigenvalue weighted by Crippen LogP contribution is 2.41. The van der Waals surface area contributed by atoms with Crippen molar-refractivity contribution >= 4 is 11.9 Å². The zero-order chi connectivity index (χ0) is 31.9. The monoisotopic (exact) mass is 594 g/mol. The number of unbranched alkanes of at least 4 members (excludes halogenated alkanes) is 2. The lowest BCUT2D eigenvalue weighted by Crippen LogP contribution is -2.45. The fraction of sp³-hybridized carbons (Fsp3) is 0.697. The Labute approximate surface area is 252 Å². The van der Waals surface area contributed by atoms with E-state index in [-0.39, 0.29) is 31.3 Å². The van der Waals surface area contributed by atoms with E-state index >= 15 is 0 Å². The summed E-state index contributed by atoms with van der Waals surface area (Å²) in [6.45, 7) is 15.8. The molecule has 0 bridgehead atoms. The summed E-state index contributed by atoms with van der Waals surface area (Å²) in [7, 11) is 2.62. The quantitative estimate of drug-likeness (QED) is 0.157. The van der Waals surface area contributed by atoms with Gasteiger partial charge in [-0.1, -0.05) is 60.0 Å². The summed E-state index contributed by atoms with van der Waals surface area (Å²) >= 11 is 0. The summed E-state index contributed by atoms with van der Waals surface area (Å²) in [4.78, 5) is 25.6. The highest BCUT2D eigenvalue weighted by molar-refractivity contribution is 5.85. The molecule has 2 N–H and O–H groups in total. The number of fused-ring (bicyclic) bond motifs is 1. The summed E-state index contributed by atoms with van der Waals surface area (Å²) in [6, 6.07) is 3.84. The Bertz CT molecular complexity index is 996. The first-order chi connectivity index (χ1) is 19.8. The third-order valence-corrected chi connectivity index (χ3v) is 7.30. The molecule has 1 aromatic rings. The van der Waals surface area contributed by atoms with Crippen molar-refractivity contribution in [2.45, 2.75) is 129 Å². The first kappa shape index (κ1) is 37.2. The van der Waals surface area contributed by atoms with Crippen molar-refractivity contribution in [3.8, 4) is 11.5 Å². The highest BCUT2D eigenvalue weighted by Gasteiger charge is 2.43. The van der Waals surface area contributed by atoms with Crippen LogP contribution < -0.4 is 9.47 Å². The van der Waals surface area contributed by atoms with Gasteiger partial charge in [0.05, 0.1) is 26.2 Å². The van der Waals surface area contributed by atoms with Gasteiger partial charge in [-0.05, 0) is 69.2 Å². The van der Waals surface area contributed by atoms with Gasteiger partial charge in [0.2, 0.25) is 6.79 Å². The minimum Gasteiger partial charge on any atom is -0.498 e. The molecule has 0 radical (unpaired) electrons. The van der Waals surface area contributed by atoms with Crippen molar-refractivity contribution in [3.05, 3.63) is 35.6 Å². The number of ether oxygens (including phenoxy) is 5. The number of benzene rings is 1. The van der Waals surface area contributed by atoms with Gasteiger partial charge in [-0.25, -0.2) is 4.79 Å². The molecule has 1 heterocycles. The summed E-state index contributed by atoms with van der Waals surface area (Å²) < 4.78 is 27.2. The summed E-state index contributed by atoms with van der Waals surface area (Å²) in [5.41, 5.74) is -1.21. The summed E-state index contributed by atoms with van der Waals surface area (Å²) in [5.74, 6) is -0.620. The van der Waals surface area contributed by atoms with Gasteiger partial charge in [-0.2, -0.15) is 0 Å². The maximum absolute atomic E-state index is 13.5. The largest absolute Gasteiger partial charge is 0.498 e. The van der Waals surface area contributed by atoms with Crippen LogP contribution in [0.4, 0.5) is 0 Å². The standard InChI is InChI=1S/C28H42O9.C5H12/c1-8-11-19-14-22-23(36-17-35-22)15-21(19)20(9-2)25(18(3)33-6)37-26(30)28(32,16-24(29)34-7)13-10-12-27(4,5)31;1-3-5-4-2/h14-15,20,25,31-32H,3,8-13,16-17H2,1-2,4-7H3;3-5H2,1-2H3. The molecule has 240 valence electrons. The average Bonchev–Trinajstić information content (AvgIpc) is 3.39. The Morgan fingerprint density at radius 3 is 2.05 bits per heavy atom. The van der Waals surface area contributed by atoms with Crippen LogP contribution in [0.5, 0.6) is 11.5 Å². The highest BCUT2D eigenvalue weighted by atomic mass is 16.7. The van der Waals surface area contributed by atoms with E-state index in [1.54, 1.807) is 13.8 Å². The normalized spacial score (nSPS) is 15.0. The van der Waals surface area contributed by atoms with Gasteiger partial charge in [0.15, 0.2) is 23.2 Å². The Balaban J connectivity index is 0.00000162. The zero-order valence-corrected chi connectivity index (χ0v) is 27.0. The van der Waals surface area contributed by atoms with Gasteiger partial charge in [-0.3, -0.25) is 4.79 Å². The molecule has 1 aromatic carbocycles. The van der Waals surface area contributed by atoms with Crippen LogP contribution in [0.2, 0.25) is 0 Å². The number of methoxy groups -OCH3 is 2. The topological polar surface area (TPSA) is 121 Å². The lowest BCUT2D eigenvalue weighted by molar-refractivity contribution is -0.178. The molecule has 0 fully saturated rings. The number of carbonyl (C=O) groups excluding carboxylic acids is 2. The number of aryl methyl sites for hydroxylation is 1. The Morgan fingerprint density at radius 1 is 0.952 bits per heavy atom. The SMILES string of the molecule is C=C(OC)C(OC(=O)C(O)(CCCC(C)(C)O)CC(=O)OC)C(CC)c1cc2c(cc1CCC)OCO2.CCCCC. The minimum absolute atomic E-state index is 0.0982. The molecule has 0 saturated carbocycles. The van der Waals surface area contributed by atoms with Gasteiger partial charge < -0.3 is 33.9 Å².